The number of rotatable bonds is 50. The molecule has 1 aliphatic heterocycles. The monoisotopic (exact) mass is 1660 g/mol. The van der Waals surface area contributed by atoms with Crippen molar-refractivity contribution in [3.05, 3.63) is 120 Å². The van der Waals surface area contributed by atoms with E-state index < -0.39 is 200 Å². The van der Waals surface area contributed by atoms with Gasteiger partial charge in [-0.1, -0.05) is 74.5 Å². The minimum absolute atomic E-state index is 0.00201. The molecule has 1 saturated heterocycles. The first kappa shape index (κ1) is 94.6. The number of thioether (sulfide) groups is 1. The molecule has 40 nitrogen and oxygen atoms in total. The molecule has 3 aromatic carbocycles. The van der Waals surface area contributed by atoms with Crippen LogP contribution in [0.25, 0.3) is 10.9 Å². The highest BCUT2D eigenvalue weighted by molar-refractivity contribution is 7.98. The molecule has 642 valence electrons. The van der Waals surface area contributed by atoms with Crippen LogP contribution in [0.2, 0.25) is 0 Å². The van der Waals surface area contributed by atoms with Crippen LogP contribution < -0.4 is 92.1 Å². The molecule has 0 bridgehead atoms. The van der Waals surface area contributed by atoms with E-state index in [0.29, 0.717) is 46.9 Å². The molecular formula is C77H110N22O18S. The third-order valence-electron chi connectivity index (χ3n) is 19.2. The number of aromatic nitrogens is 3. The van der Waals surface area contributed by atoms with Crippen molar-refractivity contribution in [3.63, 3.8) is 0 Å². The molecule has 5 aromatic rings. The largest absolute Gasteiger partial charge is 0.508 e. The van der Waals surface area contributed by atoms with Crippen LogP contribution in [-0.2, 0) is 97.6 Å². The second-order valence-corrected chi connectivity index (χ2v) is 29.7. The molecule has 118 heavy (non-hydrogen) atoms. The van der Waals surface area contributed by atoms with E-state index in [1.54, 1.807) is 80.9 Å². The predicted octanol–water partition coefficient (Wildman–Crippen LogP) is -5.14. The van der Waals surface area contributed by atoms with E-state index in [1.807, 2.05) is 0 Å². The van der Waals surface area contributed by atoms with Crippen molar-refractivity contribution in [2.75, 3.05) is 51.4 Å². The third-order valence-corrected chi connectivity index (χ3v) is 19.9. The van der Waals surface area contributed by atoms with Crippen molar-refractivity contribution in [1.82, 2.24) is 89.0 Å². The van der Waals surface area contributed by atoms with Crippen LogP contribution in [0.1, 0.15) is 107 Å². The molecule has 15 amide bonds. The number of primary amides is 2. The van der Waals surface area contributed by atoms with Crippen LogP contribution >= 0.6 is 11.8 Å². The van der Waals surface area contributed by atoms with Gasteiger partial charge >= 0.3 is 0 Å². The summed E-state index contributed by atoms with van der Waals surface area (Å²) in [5, 5.41) is 72.2. The van der Waals surface area contributed by atoms with Gasteiger partial charge in [0.15, 0.2) is 5.96 Å². The lowest BCUT2D eigenvalue weighted by atomic mass is 10.0. The molecule has 6 rings (SSSR count). The van der Waals surface area contributed by atoms with Crippen LogP contribution in [0, 0.1) is 11.3 Å². The summed E-state index contributed by atoms with van der Waals surface area (Å²) in [5.74, 6) is -14.2. The molecule has 12 atom stereocenters. The molecule has 0 aliphatic carbocycles. The molecule has 27 N–H and O–H groups in total. The van der Waals surface area contributed by atoms with Gasteiger partial charge in [-0.05, 0) is 117 Å². The number of nitrogens with two attached hydrogens (primary N) is 4. The highest BCUT2D eigenvalue weighted by Gasteiger charge is 2.41. The Morgan fingerprint density at radius 2 is 1.08 bits per heavy atom. The van der Waals surface area contributed by atoms with Crippen molar-refractivity contribution in [2.45, 2.75) is 183 Å². The van der Waals surface area contributed by atoms with Crippen molar-refractivity contribution in [3.8, 4) is 5.75 Å². The number of carbonyl (C=O) groups excluding carboxylic acids is 15. The Morgan fingerprint density at radius 3 is 1.63 bits per heavy atom. The number of unbranched alkanes of at least 4 members (excludes halogenated alkanes) is 1. The number of likely N-dealkylation sites (tertiary alicyclic amines) is 1. The Bertz CT molecular complexity index is 4250. The number of hydrogen-bond donors (Lipinski definition) is 23. The number of para-hydroxylation sites is 1. The number of nitrogens with zero attached hydrogens (tertiary/aromatic N) is 2. The van der Waals surface area contributed by atoms with E-state index in [2.05, 4.69) is 84.1 Å². The molecule has 0 unspecified atom stereocenters. The first-order valence-electron chi connectivity index (χ1n) is 38.6. The van der Waals surface area contributed by atoms with E-state index >= 15 is 14.4 Å². The van der Waals surface area contributed by atoms with E-state index in [9.17, 15) is 72.9 Å². The molecule has 3 heterocycles. The van der Waals surface area contributed by atoms with Gasteiger partial charge in [-0.2, -0.15) is 11.8 Å². The molecule has 1 fully saturated rings. The second-order valence-electron chi connectivity index (χ2n) is 28.7. The Hall–Kier alpha value is -12.2. The fourth-order valence-corrected chi connectivity index (χ4v) is 13.4. The summed E-state index contributed by atoms with van der Waals surface area (Å²) < 4.78 is 0. The summed E-state index contributed by atoms with van der Waals surface area (Å²) in [4.78, 5) is 221. The van der Waals surface area contributed by atoms with Gasteiger partial charge in [-0.15, -0.1) is 0 Å². The number of hydrogen-bond acceptors (Lipinski definition) is 22. The number of amides is 15. The number of carbonyl (C=O) groups is 15. The first-order chi connectivity index (χ1) is 56.3. The minimum atomic E-state index is -1.82. The molecule has 1 aliphatic rings. The maximum atomic E-state index is 15.2. The number of imidazole rings is 1. The number of H-pyrrole nitrogens is 2. The zero-order valence-electron chi connectivity index (χ0n) is 66.2. The van der Waals surface area contributed by atoms with Crippen molar-refractivity contribution in [1.29, 1.82) is 5.41 Å². The van der Waals surface area contributed by atoms with Crippen molar-refractivity contribution in [2.24, 2.45) is 28.9 Å². The van der Waals surface area contributed by atoms with Crippen LogP contribution in [0.4, 0.5) is 0 Å². The highest BCUT2D eigenvalue weighted by atomic mass is 32.2. The second kappa shape index (κ2) is 48.3. The van der Waals surface area contributed by atoms with Gasteiger partial charge in [0.1, 0.15) is 78.3 Å². The van der Waals surface area contributed by atoms with Gasteiger partial charge in [0.2, 0.25) is 88.6 Å². The lowest BCUT2D eigenvalue weighted by Gasteiger charge is -2.30. The Morgan fingerprint density at radius 1 is 0.568 bits per heavy atom. The van der Waals surface area contributed by atoms with Gasteiger partial charge in [0, 0.05) is 81.1 Å². The lowest BCUT2D eigenvalue weighted by Crippen LogP contribution is -2.61. The summed E-state index contributed by atoms with van der Waals surface area (Å²) in [7, 11) is 0. The fraction of sp³-hybridized carbons (Fsp3) is 0.494. The predicted molar refractivity (Wildman–Crippen MR) is 433 cm³/mol. The van der Waals surface area contributed by atoms with Crippen LogP contribution in [0.5, 0.6) is 5.75 Å². The van der Waals surface area contributed by atoms with Gasteiger partial charge in [0.25, 0.3) is 0 Å². The number of nitrogens with one attached hydrogen (secondary N) is 16. The van der Waals surface area contributed by atoms with Crippen LogP contribution in [0.3, 0.4) is 0 Å². The third kappa shape index (κ3) is 30.8. The smallest absolute Gasteiger partial charge is 0.245 e. The van der Waals surface area contributed by atoms with Gasteiger partial charge in [-0.3, -0.25) is 77.3 Å². The lowest BCUT2D eigenvalue weighted by molar-refractivity contribution is -0.142. The minimum Gasteiger partial charge on any atom is -0.508 e. The topological polar surface area (TPSA) is 649 Å². The summed E-state index contributed by atoms with van der Waals surface area (Å²) in [6, 6.07) is 3.24. The van der Waals surface area contributed by atoms with Crippen molar-refractivity contribution < 1.29 is 87.2 Å². The quantitative estimate of drug-likeness (QED) is 0.00983. The molecular weight excluding hydrogens is 1550 g/mol. The number of aliphatic hydroxyl groups excluding tert-OH is 2. The van der Waals surface area contributed by atoms with Gasteiger partial charge in [0.05, 0.1) is 26.1 Å². The summed E-state index contributed by atoms with van der Waals surface area (Å²) in [5.41, 5.74) is 24.9. The van der Waals surface area contributed by atoms with Crippen LogP contribution in [-0.4, -0.2) is 254 Å². The van der Waals surface area contributed by atoms with Crippen molar-refractivity contribution >= 4 is 117 Å². The summed E-state index contributed by atoms with van der Waals surface area (Å²) in [6.45, 7) is 2.24. The molecule has 0 radical (unpaired) electrons. The molecule has 2 aromatic heterocycles. The number of aromatic amines is 2. The average molecular weight is 1660 g/mol. The summed E-state index contributed by atoms with van der Waals surface area (Å²) >= 11 is 1.25. The van der Waals surface area contributed by atoms with Gasteiger partial charge in [-0.25, -0.2) is 4.98 Å². The Labute approximate surface area is 685 Å². The van der Waals surface area contributed by atoms with E-state index in [1.165, 1.54) is 53.5 Å². The normalized spacial score (nSPS) is 15.2. The molecule has 41 heteroatoms. The molecule has 0 spiro atoms. The van der Waals surface area contributed by atoms with E-state index in [0.717, 1.165) is 6.92 Å². The fourth-order valence-electron chi connectivity index (χ4n) is 13.0. The zero-order valence-corrected chi connectivity index (χ0v) is 67.0. The maximum absolute atomic E-state index is 15.2. The zero-order chi connectivity index (χ0) is 86.5. The van der Waals surface area contributed by atoms with E-state index in [4.69, 9.17) is 28.3 Å². The number of aliphatic hydroxyl groups is 2. The van der Waals surface area contributed by atoms with Gasteiger partial charge < -0.3 is 122 Å². The van der Waals surface area contributed by atoms with Crippen LogP contribution in [0.15, 0.2) is 97.6 Å². The standard InChI is InChI=1S/C77H110N22O18S/c1-42(2)64(65(80)106)98-75(116)61-20-13-30-99(61)76(117)54(18-10-11-28-78)89-63(105)38-86-66(107)57(34-46-36-85-50-17-9-8-16-49(46)50)95-67(108)51(19-12-29-84-77(81)82)90-70(111)55(32-44-14-6-5-7-15-44)93-72(113)58(35-47-37-83-41-87-47)96-68(109)52(25-26-62(79)104)91-69(110)53(27-31-118-4)92-74(115)60(40-101)97-71(112)56(33-45-21-23-48(103)24-22-45)94-73(114)59(39-100)88-43(3)102/h5-9,14-17,21-24,36-37,41-42,51-61,64,85,100-101,103H,10-13,18-20,25-35,38-40,78H2,1-4H3,(H2,79,104)(H2,80,106)(H,83,87)(H,86,107)(H,88,102)(H,89,105)(H,90,111)(H,91,110)(H,92,115)(H,93,113)(H,94,114)(H,95,108)(H,96,109)(H,97,112)(H,98,116)(H4,81,82,84)/t51-,52-,53-,54-,55+,56-,57-,58-,59-,60-,61-,64-/m0/s1. The maximum Gasteiger partial charge on any atom is 0.245 e. The average Bonchev–Trinajstić information content (AvgIpc) is 1.64. The number of phenols is 1. The highest BCUT2D eigenvalue weighted by Crippen LogP contribution is 2.23. The number of guanidine groups is 1. The van der Waals surface area contributed by atoms with E-state index in [-0.39, 0.29) is 101 Å². The summed E-state index contributed by atoms with van der Waals surface area (Å²) in [6.07, 6.45) is 5.15. The number of fused-ring (bicyclic) bond motifs is 1. The Kier molecular flexibility index (Phi) is 38.8. The SMILES string of the molecule is CSCC[C@H](NC(=O)[C@H](CO)NC(=O)[C@H](Cc1ccc(O)cc1)NC(=O)[C@H](CO)NC(C)=O)C(=O)N[C@@H](CCC(N)=O)C(=O)N[C@@H](Cc1cnc[nH]1)C(=O)N[C@H](Cc1ccccc1)C(=O)N[C@@H](CCCNC(=N)N)C(=O)N[C@@H](Cc1c[nH]c2ccccc12)C(=O)NCC(=O)N[C@@H](CCCCN)C(=O)N1CCC[C@H]1C(=O)N[C@H](C(N)=O)C(C)C. The number of aromatic hydroxyl groups is 1. The first-order valence-corrected chi connectivity index (χ1v) is 40.0. The molecule has 0 saturated carbocycles. The Balaban J connectivity index is 1.25. The number of phenolic OH excluding ortho intramolecular Hbond substituents is 1. The number of benzene rings is 3.